The van der Waals surface area contributed by atoms with E-state index in [4.69, 9.17) is 14.2 Å². The molecule has 0 atom stereocenters. The lowest BCUT2D eigenvalue weighted by molar-refractivity contribution is -0.133. The van der Waals surface area contributed by atoms with Gasteiger partial charge in [-0.2, -0.15) is 0 Å². The number of amides is 2. The van der Waals surface area contributed by atoms with Gasteiger partial charge in [-0.15, -0.1) is 0 Å². The maximum absolute atomic E-state index is 13.5. The van der Waals surface area contributed by atoms with Gasteiger partial charge < -0.3 is 29.7 Å². The van der Waals surface area contributed by atoms with Crippen LogP contribution in [0.5, 0.6) is 11.5 Å². The smallest absolute Gasteiger partial charge is 0.258 e. The summed E-state index contributed by atoms with van der Waals surface area (Å²) in [5.41, 5.74) is 3.99. The van der Waals surface area contributed by atoms with Crippen molar-refractivity contribution in [2.75, 3.05) is 67.3 Å². The van der Waals surface area contributed by atoms with E-state index in [2.05, 4.69) is 10.6 Å². The van der Waals surface area contributed by atoms with Gasteiger partial charge in [0, 0.05) is 30.4 Å². The lowest BCUT2D eigenvalue weighted by Crippen LogP contribution is -2.47. The molecule has 3 aromatic rings. The molecule has 0 bridgehead atoms. The molecule has 2 aliphatic rings. The third-order valence-electron chi connectivity index (χ3n) is 7.21. The largest absolute Gasteiger partial charge is 0.490 e. The van der Waals surface area contributed by atoms with Gasteiger partial charge in [0.2, 0.25) is 15.9 Å². The molecule has 0 saturated carbocycles. The van der Waals surface area contributed by atoms with E-state index in [1.54, 1.807) is 41.3 Å². The summed E-state index contributed by atoms with van der Waals surface area (Å²) in [5, 5.41) is 6.33. The Kier molecular flexibility index (Phi) is 9.40. The summed E-state index contributed by atoms with van der Waals surface area (Å²) in [6, 6.07) is 19.7. The van der Waals surface area contributed by atoms with Gasteiger partial charge in [0.25, 0.3) is 5.91 Å². The normalized spacial score (nSPS) is 15.7. The van der Waals surface area contributed by atoms with E-state index in [-0.39, 0.29) is 18.4 Å². The molecule has 5 rings (SSSR count). The van der Waals surface area contributed by atoms with Crippen LogP contribution in [0.15, 0.2) is 66.7 Å². The molecule has 44 heavy (non-hydrogen) atoms. The highest BCUT2D eigenvalue weighted by Crippen LogP contribution is 2.43. The second-order valence-corrected chi connectivity index (χ2v) is 12.1. The van der Waals surface area contributed by atoms with Crippen LogP contribution in [0.25, 0.3) is 11.3 Å². The van der Waals surface area contributed by atoms with E-state index < -0.39 is 10.0 Å². The number of rotatable bonds is 11. The number of carbonyl (C=O) groups is 2. The first-order chi connectivity index (χ1) is 21.2. The average Bonchev–Trinajstić information content (AvgIpc) is 3.33. The predicted molar refractivity (Wildman–Crippen MR) is 170 cm³/mol. The van der Waals surface area contributed by atoms with Crippen LogP contribution in [0, 0.1) is 0 Å². The maximum Gasteiger partial charge on any atom is 0.258 e. The van der Waals surface area contributed by atoms with E-state index in [9.17, 15) is 18.0 Å². The molecule has 2 aliphatic heterocycles. The molecule has 2 amide bonds. The molecule has 1 fully saturated rings. The van der Waals surface area contributed by atoms with E-state index in [1.165, 1.54) is 0 Å². The Balaban J connectivity index is 1.50. The lowest BCUT2D eigenvalue weighted by atomic mass is 9.99. The van der Waals surface area contributed by atoms with Gasteiger partial charge in [0.1, 0.15) is 6.54 Å². The molecule has 0 aromatic heterocycles. The van der Waals surface area contributed by atoms with E-state index in [1.807, 2.05) is 44.2 Å². The molecule has 0 unspecified atom stereocenters. The first-order valence-electron chi connectivity index (χ1n) is 14.4. The highest BCUT2D eigenvalue weighted by atomic mass is 32.2. The molecule has 12 heteroatoms. The fraction of sp³-hybridized carbons (Fsp3) is 0.312. The van der Waals surface area contributed by atoms with Crippen LogP contribution in [-0.4, -0.2) is 77.4 Å². The number of ether oxygens (including phenoxy) is 3. The molecule has 2 heterocycles. The number of sulfonamides is 1. The van der Waals surface area contributed by atoms with E-state index >= 15 is 0 Å². The number of anilines is 3. The van der Waals surface area contributed by atoms with Crippen molar-refractivity contribution in [3.8, 4) is 11.5 Å². The minimum absolute atomic E-state index is 0.288. The summed E-state index contributed by atoms with van der Waals surface area (Å²) in [4.78, 5) is 27.9. The number of benzene rings is 3. The van der Waals surface area contributed by atoms with Crippen LogP contribution < -0.4 is 24.4 Å². The summed E-state index contributed by atoms with van der Waals surface area (Å²) in [6.07, 6.45) is 1.08. The number of hydrogen-bond acceptors (Lipinski definition) is 8. The molecule has 2 N–H and O–H groups in total. The molecule has 0 spiro atoms. The molecule has 11 nitrogen and oxygen atoms in total. The van der Waals surface area contributed by atoms with Crippen LogP contribution in [0.2, 0.25) is 0 Å². The standard InChI is InChI=1S/C32H36N4O7S/c1-4-42-27-19-25-26(20-28(27)43-5-2)34-32(38)30(25)31(22-9-7-6-8-10-22)33-23-11-13-24(14-12-23)36(44(3,39)40)21-29(37)35-15-17-41-18-16-35/h6-14,19-20,33H,4-5,15-18,21H2,1-3H3,(H,34,38)/b31-30-. The summed E-state index contributed by atoms with van der Waals surface area (Å²) in [7, 11) is -3.75. The molecule has 3 aromatic carbocycles. The Morgan fingerprint density at radius 1 is 0.977 bits per heavy atom. The van der Waals surface area contributed by atoms with Gasteiger partial charge >= 0.3 is 0 Å². The van der Waals surface area contributed by atoms with Crippen LogP contribution in [0.3, 0.4) is 0 Å². The Morgan fingerprint density at radius 3 is 2.23 bits per heavy atom. The van der Waals surface area contributed by atoms with Gasteiger partial charge in [-0.05, 0) is 49.7 Å². The summed E-state index contributed by atoms with van der Waals surface area (Å²) in [6.45, 7) is 6.02. The highest BCUT2D eigenvalue weighted by molar-refractivity contribution is 7.92. The molecule has 1 saturated heterocycles. The second-order valence-electron chi connectivity index (χ2n) is 10.2. The van der Waals surface area contributed by atoms with Crippen molar-refractivity contribution in [2.24, 2.45) is 0 Å². The SMILES string of the molecule is CCOc1cc2c(cc1OCC)/C(=C(/Nc1ccc(N(CC(=O)N3CCOCC3)S(C)(=O)=O)cc1)c1ccccc1)C(=O)N2. The lowest BCUT2D eigenvalue weighted by Gasteiger charge is -2.30. The average molecular weight is 621 g/mol. The second kappa shape index (κ2) is 13.4. The van der Waals surface area contributed by atoms with Gasteiger partial charge in [0.05, 0.1) is 55.3 Å². The number of hydrogen-bond donors (Lipinski definition) is 2. The summed E-state index contributed by atoms with van der Waals surface area (Å²) < 4.78 is 43.4. The molecular weight excluding hydrogens is 584 g/mol. The van der Waals surface area contributed by atoms with Gasteiger partial charge in [-0.3, -0.25) is 13.9 Å². The van der Waals surface area contributed by atoms with Crippen LogP contribution in [0.4, 0.5) is 17.1 Å². The van der Waals surface area contributed by atoms with Crippen molar-refractivity contribution in [3.63, 3.8) is 0 Å². The third kappa shape index (κ3) is 6.81. The van der Waals surface area contributed by atoms with Crippen molar-refractivity contribution in [2.45, 2.75) is 13.8 Å². The van der Waals surface area contributed by atoms with E-state index in [0.29, 0.717) is 84.9 Å². The fourth-order valence-corrected chi connectivity index (χ4v) is 5.99. The van der Waals surface area contributed by atoms with Crippen molar-refractivity contribution in [3.05, 3.63) is 77.9 Å². The molecule has 232 valence electrons. The van der Waals surface area contributed by atoms with Gasteiger partial charge in [0.15, 0.2) is 11.5 Å². The zero-order valence-electron chi connectivity index (χ0n) is 25.0. The Bertz CT molecular complexity index is 1650. The van der Waals surface area contributed by atoms with Gasteiger partial charge in [-0.1, -0.05) is 30.3 Å². The number of morpholine rings is 1. The van der Waals surface area contributed by atoms with Crippen LogP contribution in [0.1, 0.15) is 25.0 Å². The zero-order valence-corrected chi connectivity index (χ0v) is 25.8. The van der Waals surface area contributed by atoms with Crippen LogP contribution >= 0.6 is 0 Å². The molecule has 0 aliphatic carbocycles. The first kappa shape index (κ1) is 30.9. The number of nitrogens with one attached hydrogen (secondary N) is 2. The van der Waals surface area contributed by atoms with Crippen LogP contribution in [-0.2, 0) is 24.3 Å². The van der Waals surface area contributed by atoms with Crippen molar-refractivity contribution in [1.82, 2.24) is 4.90 Å². The summed E-state index contributed by atoms with van der Waals surface area (Å²) >= 11 is 0. The van der Waals surface area contributed by atoms with E-state index in [0.717, 1.165) is 16.1 Å². The number of nitrogens with zero attached hydrogens (tertiary/aromatic N) is 2. The topological polar surface area (TPSA) is 127 Å². The Labute approximate surface area is 257 Å². The quantitative estimate of drug-likeness (QED) is 0.308. The minimum Gasteiger partial charge on any atom is -0.490 e. The predicted octanol–water partition coefficient (Wildman–Crippen LogP) is 4.04. The van der Waals surface area contributed by atoms with Gasteiger partial charge in [-0.25, -0.2) is 8.42 Å². The van der Waals surface area contributed by atoms with Crippen molar-refractivity contribution in [1.29, 1.82) is 0 Å². The van der Waals surface area contributed by atoms with Crippen molar-refractivity contribution < 1.29 is 32.2 Å². The zero-order chi connectivity index (χ0) is 31.3. The highest BCUT2D eigenvalue weighted by Gasteiger charge is 2.31. The molecule has 0 radical (unpaired) electrons. The Morgan fingerprint density at radius 2 is 1.61 bits per heavy atom. The third-order valence-corrected chi connectivity index (χ3v) is 8.35. The first-order valence-corrected chi connectivity index (χ1v) is 16.3. The molecular formula is C32H36N4O7S. The minimum atomic E-state index is -3.75. The number of fused-ring (bicyclic) bond motifs is 1. The fourth-order valence-electron chi connectivity index (χ4n) is 5.14. The number of carbonyl (C=O) groups excluding carboxylic acids is 2. The monoisotopic (exact) mass is 620 g/mol. The summed E-state index contributed by atoms with van der Waals surface area (Å²) in [5.74, 6) is 0.499. The maximum atomic E-state index is 13.5. The van der Waals surface area contributed by atoms with Crippen molar-refractivity contribution >= 4 is 50.2 Å². The Hall–Kier alpha value is -4.55.